The minimum Gasteiger partial charge on any atom is -0.399 e. The zero-order chi connectivity index (χ0) is 10.1. The molecule has 3 heteroatoms. The fraction of sp³-hybridized carbons (Fsp3) is 0.0909. The van der Waals surface area contributed by atoms with E-state index in [2.05, 4.69) is 0 Å². The Morgan fingerprint density at radius 2 is 2.00 bits per heavy atom. The summed E-state index contributed by atoms with van der Waals surface area (Å²) in [6, 6.07) is 6.56. The second kappa shape index (κ2) is 3.42. The number of aryl methyl sites for hydroxylation is 1. The summed E-state index contributed by atoms with van der Waals surface area (Å²) in [4.78, 5) is 1.11. The summed E-state index contributed by atoms with van der Waals surface area (Å²) in [5.74, 6) is -0.222. The Bertz CT molecular complexity index is 462. The third kappa shape index (κ3) is 1.51. The van der Waals surface area contributed by atoms with Crippen LogP contribution in [0.5, 0.6) is 0 Å². The molecule has 2 N–H and O–H groups in total. The van der Waals surface area contributed by atoms with Crippen molar-refractivity contribution in [2.24, 2.45) is 0 Å². The molecular formula is C11H10FNS. The van der Waals surface area contributed by atoms with Crippen LogP contribution in [0.2, 0.25) is 0 Å². The van der Waals surface area contributed by atoms with E-state index in [1.165, 1.54) is 6.07 Å². The number of halogens is 1. The molecule has 0 atom stereocenters. The van der Waals surface area contributed by atoms with Crippen LogP contribution < -0.4 is 5.73 Å². The van der Waals surface area contributed by atoms with Crippen LogP contribution in [0.3, 0.4) is 0 Å². The van der Waals surface area contributed by atoms with Gasteiger partial charge in [-0.25, -0.2) is 4.39 Å². The van der Waals surface area contributed by atoms with Gasteiger partial charge in [0.15, 0.2) is 0 Å². The lowest BCUT2D eigenvalue weighted by Crippen LogP contribution is -1.89. The van der Waals surface area contributed by atoms with Crippen LogP contribution in [0.4, 0.5) is 10.1 Å². The highest BCUT2D eigenvalue weighted by Gasteiger charge is 2.08. The average Bonchev–Trinajstić information content (AvgIpc) is 2.56. The van der Waals surface area contributed by atoms with Crippen molar-refractivity contribution in [3.8, 4) is 11.1 Å². The van der Waals surface area contributed by atoms with Crippen LogP contribution >= 0.6 is 11.3 Å². The van der Waals surface area contributed by atoms with E-state index in [1.54, 1.807) is 23.5 Å². The van der Waals surface area contributed by atoms with Gasteiger partial charge in [0.1, 0.15) is 5.82 Å². The van der Waals surface area contributed by atoms with Gasteiger partial charge in [0.05, 0.1) is 0 Å². The first kappa shape index (κ1) is 9.21. The number of rotatable bonds is 1. The summed E-state index contributed by atoms with van der Waals surface area (Å²) < 4.78 is 13.5. The van der Waals surface area contributed by atoms with Crippen molar-refractivity contribution in [2.45, 2.75) is 6.92 Å². The van der Waals surface area contributed by atoms with E-state index in [0.717, 1.165) is 10.4 Å². The van der Waals surface area contributed by atoms with Crippen molar-refractivity contribution in [1.82, 2.24) is 0 Å². The second-order valence-corrected chi connectivity index (χ2v) is 4.25. The molecule has 0 aliphatic carbocycles. The molecule has 0 fully saturated rings. The summed E-state index contributed by atoms with van der Waals surface area (Å²) in [6.07, 6.45) is 0. The van der Waals surface area contributed by atoms with E-state index < -0.39 is 0 Å². The van der Waals surface area contributed by atoms with Crippen molar-refractivity contribution < 1.29 is 4.39 Å². The molecule has 72 valence electrons. The van der Waals surface area contributed by atoms with Crippen molar-refractivity contribution in [1.29, 1.82) is 0 Å². The van der Waals surface area contributed by atoms with Crippen LogP contribution in [-0.2, 0) is 0 Å². The van der Waals surface area contributed by atoms with E-state index in [9.17, 15) is 4.39 Å². The number of nitrogens with two attached hydrogens (primary N) is 1. The molecule has 1 aromatic carbocycles. The topological polar surface area (TPSA) is 26.0 Å². The van der Waals surface area contributed by atoms with Crippen LogP contribution in [0.15, 0.2) is 29.6 Å². The number of hydrogen-bond acceptors (Lipinski definition) is 2. The van der Waals surface area contributed by atoms with Crippen molar-refractivity contribution >= 4 is 17.0 Å². The Labute approximate surface area is 86.0 Å². The van der Waals surface area contributed by atoms with E-state index in [-0.39, 0.29) is 5.82 Å². The first-order valence-electron chi connectivity index (χ1n) is 4.28. The van der Waals surface area contributed by atoms with E-state index in [4.69, 9.17) is 5.73 Å². The van der Waals surface area contributed by atoms with Gasteiger partial charge in [-0.1, -0.05) is 0 Å². The highest BCUT2D eigenvalue weighted by atomic mass is 32.1. The quantitative estimate of drug-likeness (QED) is 0.712. The van der Waals surface area contributed by atoms with Gasteiger partial charge in [0.2, 0.25) is 0 Å². The number of anilines is 1. The molecule has 0 saturated carbocycles. The zero-order valence-corrected chi connectivity index (χ0v) is 8.57. The lowest BCUT2D eigenvalue weighted by atomic mass is 10.1. The molecule has 1 heterocycles. The first-order chi connectivity index (χ1) is 6.68. The van der Waals surface area contributed by atoms with E-state index in [1.807, 2.05) is 18.4 Å². The molecule has 1 aromatic heterocycles. The number of thiophene rings is 1. The van der Waals surface area contributed by atoms with Gasteiger partial charge in [0.25, 0.3) is 0 Å². The maximum absolute atomic E-state index is 13.5. The molecule has 0 unspecified atom stereocenters. The maximum atomic E-state index is 13.5. The zero-order valence-electron chi connectivity index (χ0n) is 7.75. The van der Waals surface area contributed by atoms with Gasteiger partial charge in [-0.3, -0.25) is 0 Å². The van der Waals surface area contributed by atoms with Gasteiger partial charge in [-0.15, -0.1) is 11.3 Å². The molecule has 0 saturated heterocycles. The number of benzene rings is 1. The summed E-state index contributed by atoms with van der Waals surface area (Å²) in [6.45, 7) is 1.97. The molecule has 0 aliphatic rings. The Kier molecular flexibility index (Phi) is 2.25. The largest absolute Gasteiger partial charge is 0.399 e. The molecule has 1 nitrogen and oxygen atoms in total. The summed E-state index contributed by atoms with van der Waals surface area (Å²) in [5.41, 5.74) is 7.73. The Balaban J connectivity index is 2.62. The Morgan fingerprint density at radius 1 is 1.21 bits per heavy atom. The number of nitrogen functional groups attached to an aromatic ring is 1. The monoisotopic (exact) mass is 207 g/mol. The average molecular weight is 207 g/mol. The van der Waals surface area contributed by atoms with E-state index >= 15 is 0 Å². The van der Waals surface area contributed by atoms with Gasteiger partial charge in [-0.2, -0.15) is 0 Å². The lowest BCUT2D eigenvalue weighted by Gasteiger charge is -2.03. The second-order valence-electron chi connectivity index (χ2n) is 3.13. The molecular weight excluding hydrogens is 197 g/mol. The maximum Gasteiger partial charge on any atom is 0.131 e. The Morgan fingerprint density at radius 3 is 2.64 bits per heavy atom. The normalized spacial score (nSPS) is 10.4. The third-order valence-electron chi connectivity index (χ3n) is 2.14. The SMILES string of the molecule is Cc1sccc1-c1cc(N)ccc1F. The predicted octanol–water partition coefficient (Wildman–Crippen LogP) is 3.44. The van der Waals surface area contributed by atoms with Crippen molar-refractivity contribution in [2.75, 3.05) is 5.73 Å². The lowest BCUT2D eigenvalue weighted by molar-refractivity contribution is 0.631. The minimum atomic E-state index is -0.222. The van der Waals surface area contributed by atoms with Gasteiger partial charge < -0.3 is 5.73 Å². The standard InChI is InChI=1S/C11H10FNS/c1-7-9(4-5-14-7)10-6-8(13)2-3-11(10)12/h2-6H,13H2,1H3. The van der Waals surface area contributed by atoms with Crippen LogP contribution in [0.1, 0.15) is 4.88 Å². The van der Waals surface area contributed by atoms with Gasteiger partial charge >= 0.3 is 0 Å². The third-order valence-corrected chi connectivity index (χ3v) is 2.99. The van der Waals surface area contributed by atoms with Crippen LogP contribution in [0, 0.1) is 12.7 Å². The fourth-order valence-electron chi connectivity index (χ4n) is 1.41. The first-order valence-corrected chi connectivity index (χ1v) is 5.16. The highest BCUT2D eigenvalue weighted by molar-refractivity contribution is 7.10. The summed E-state index contributed by atoms with van der Waals surface area (Å²) >= 11 is 1.61. The smallest absolute Gasteiger partial charge is 0.131 e. The van der Waals surface area contributed by atoms with Crippen LogP contribution in [0.25, 0.3) is 11.1 Å². The molecule has 0 aliphatic heterocycles. The minimum absolute atomic E-state index is 0.222. The van der Waals surface area contributed by atoms with Gasteiger partial charge in [0, 0.05) is 16.1 Å². The highest BCUT2D eigenvalue weighted by Crippen LogP contribution is 2.30. The number of hydrogen-bond donors (Lipinski definition) is 1. The molecule has 0 amide bonds. The fourth-order valence-corrected chi connectivity index (χ4v) is 2.13. The molecule has 0 radical (unpaired) electrons. The van der Waals surface area contributed by atoms with Crippen molar-refractivity contribution in [3.63, 3.8) is 0 Å². The molecule has 0 spiro atoms. The van der Waals surface area contributed by atoms with E-state index in [0.29, 0.717) is 11.3 Å². The molecule has 0 bridgehead atoms. The predicted molar refractivity (Wildman–Crippen MR) is 58.9 cm³/mol. The van der Waals surface area contributed by atoms with Gasteiger partial charge in [-0.05, 0) is 42.1 Å². The molecule has 2 aromatic rings. The van der Waals surface area contributed by atoms with Crippen molar-refractivity contribution in [3.05, 3.63) is 40.3 Å². The summed E-state index contributed by atoms with van der Waals surface area (Å²) in [7, 11) is 0. The molecule has 14 heavy (non-hydrogen) atoms. The Hall–Kier alpha value is -1.35. The van der Waals surface area contributed by atoms with Crippen LogP contribution in [-0.4, -0.2) is 0 Å². The molecule has 2 rings (SSSR count). The summed E-state index contributed by atoms with van der Waals surface area (Å²) in [5, 5.41) is 1.95.